The third-order valence-corrected chi connectivity index (χ3v) is 3.53. The summed E-state index contributed by atoms with van der Waals surface area (Å²) in [6.07, 6.45) is 2.67. The molecule has 1 amide bonds. The summed E-state index contributed by atoms with van der Waals surface area (Å²) in [7, 11) is 4.06. The van der Waals surface area contributed by atoms with E-state index in [0.29, 0.717) is 13.2 Å². The van der Waals surface area contributed by atoms with Crippen LogP contribution < -0.4 is 0 Å². The summed E-state index contributed by atoms with van der Waals surface area (Å²) in [4.78, 5) is 30.6. The van der Waals surface area contributed by atoms with E-state index in [1.54, 1.807) is 0 Å². The minimum atomic E-state index is -0.975. The van der Waals surface area contributed by atoms with Crippen LogP contribution in [-0.4, -0.2) is 54.1 Å². The maximum absolute atomic E-state index is 12.2. The lowest BCUT2D eigenvalue weighted by molar-refractivity contribution is -0.192. The lowest BCUT2D eigenvalue weighted by Crippen LogP contribution is -2.32. The number of hydrogen-bond donors (Lipinski definition) is 1. The van der Waals surface area contributed by atoms with Crippen molar-refractivity contribution in [2.45, 2.75) is 38.7 Å². The largest absolute Gasteiger partial charge is 0.481 e. The first-order valence-electron chi connectivity index (χ1n) is 8.32. The van der Waals surface area contributed by atoms with Gasteiger partial charge in [-0.25, -0.2) is 5.06 Å². The summed E-state index contributed by atoms with van der Waals surface area (Å²) in [5.41, 5.74) is 0.973. The molecule has 24 heavy (non-hydrogen) atoms. The Balaban J connectivity index is 2.45. The molecule has 0 aliphatic heterocycles. The maximum atomic E-state index is 12.2. The average Bonchev–Trinajstić information content (AvgIpc) is 2.55. The smallest absolute Gasteiger partial charge is 0.303 e. The van der Waals surface area contributed by atoms with Gasteiger partial charge in [0.05, 0.1) is 6.42 Å². The Morgan fingerprint density at radius 2 is 1.67 bits per heavy atom. The van der Waals surface area contributed by atoms with Crippen LogP contribution in [0.3, 0.4) is 0 Å². The Bertz CT molecular complexity index is 491. The molecule has 0 atom stereocenters. The number of carboxylic acids is 1. The van der Waals surface area contributed by atoms with Crippen molar-refractivity contribution in [1.29, 1.82) is 0 Å². The van der Waals surface area contributed by atoms with Crippen LogP contribution in [-0.2, 0) is 21.0 Å². The molecule has 1 aromatic rings. The third kappa shape index (κ3) is 9.27. The van der Waals surface area contributed by atoms with Crippen molar-refractivity contribution in [1.82, 2.24) is 9.96 Å². The molecule has 1 aromatic carbocycles. The third-order valence-electron chi connectivity index (χ3n) is 3.53. The monoisotopic (exact) mass is 336 g/mol. The van der Waals surface area contributed by atoms with E-state index in [2.05, 4.69) is 4.90 Å². The van der Waals surface area contributed by atoms with Crippen LogP contribution in [0.15, 0.2) is 30.3 Å². The summed E-state index contributed by atoms with van der Waals surface area (Å²) in [5, 5.41) is 10.1. The molecule has 0 saturated carbocycles. The van der Waals surface area contributed by atoms with Gasteiger partial charge in [-0.2, -0.15) is 0 Å². The quantitative estimate of drug-likeness (QED) is 0.469. The van der Waals surface area contributed by atoms with Gasteiger partial charge in [0.15, 0.2) is 0 Å². The lowest BCUT2D eigenvalue weighted by Gasteiger charge is -2.22. The van der Waals surface area contributed by atoms with E-state index < -0.39 is 5.97 Å². The Morgan fingerprint density at radius 3 is 2.29 bits per heavy atom. The van der Waals surface area contributed by atoms with Gasteiger partial charge >= 0.3 is 5.97 Å². The van der Waals surface area contributed by atoms with Crippen LogP contribution in [0.25, 0.3) is 0 Å². The molecule has 134 valence electrons. The standard InChI is InChI=1S/C18H28N2O4/c1-19(2)13-7-4-8-14-20(17(21)11-12-18(22)23)24-15-16-9-5-3-6-10-16/h3,5-6,9-10H,4,7-8,11-15H2,1-2H3,(H,22,23). The fraction of sp³-hybridized carbons (Fsp3) is 0.556. The fourth-order valence-corrected chi connectivity index (χ4v) is 2.19. The van der Waals surface area contributed by atoms with E-state index in [0.717, 1.165) is 31.4 Å². The van der Waals surface area contributed by atoms with Gasteiger partial charge in [0, 0.05) is 13.0 Å². The number of unbranched alkanes of at least 4 members (excludes halogenated alkanes) is 2. The number of nitrogens with zero attached hydrogens (tertiary/aromatic N) is 2. The summed E-state index contributed by atoms with van der Waals surface area (Å²) in [6, 6.07) is 9.60. The van der Waals surface area contributed by atoms with Crippen LogP contribution >= 0.6 is 0 Å². The van der Waals surface area contributed by atoms with Gasteiger partial charge < -0.3 is 10.0 Å². The summed E-state index contributed by atoms with van der Waals surface area (Å²) < 4.78 is 0. The van der Waals surface area contributed by atoms with Crippen molar-refractivity contribution in [2.24, 2.45) is 0 Å². The first kappa shape index (κ1) is 20.1. The SMILES string of the molecule is CN(C)CCCCCN(OCc1ccccc1)C(=O)CCC(=O)O. The van der Waals surface area contributed by atoms with Crippen molar-refractivity contribution in [3.05, 3.63) is 35.9 Å². The number of hydrogen-bond acceptors (Lipinski definition) is 4. The molecule has 6 heteroatoms. The number of hydroxylamine groups is 2. The van der Waals surface area contributed by atoms with Crippen LogP contribution in [0.1, 0.15) is 37.7 Å². The molecule has 0 spiro atoms. The Hall–Kier alpha value is -1.92. The average molecular weight is 336 g/mol. The number of rotatable bonds is 12. The van der Waals surface area contributed by atoms with Crippen molar-refractivity contribution in [2.75, 3.05) is 27.2 Å². The highest BCUT2D eigenvalue weighted by Gasteiger charge is 2.15. The zero-order valence-corrected chi connectivity index (χ0v) is 14.6. The van der Waals surface area contributed by atoms with E-state index >= 15 is 0 Å². The van der Waals surface area contributed by atoms with Crippen LogP contribution in [0.2, 0.25) is 0 Å². The highest BCUT2D eigenvalue weighted by Crippen LogP contribution is 2.08. The molecule has 0 bridgehead atoms. The molecule has 0 heterocycles. The Morgan fingerprint density at radius 1 is 1.00 bits per heavy atom. The van der Waals surface area contributed by atoms with Crippen molar-refractivity contribution in [3.8, 4) is 0 Å². The van der Waals surface area contributed by atoms with Gasteiger partial charge in [-0.15, -0.1) is 0 Å². The normalized spacial score (nSPS) is 10.8. The minimum absolute atomic E-state index is 0.0399. The van der Waals surface area contributed by atoms with Gasteiger partial charge in [0.25, 0.3) is 0 Å². The zero-order chi connectivity index (χ0) is 17.8. The Kier molecular flexibility index (Phi) is 9.72. The summed E-state index contributed by atoms with van der Waals surface area (Å²) in [6.45, 7) is 1.80. The number of carboxylic acid groups (broad SMARTS) is 1. The van der Waals surface area contributed by atoms with Crippen molar-refractivity contribution >= 4 is 11.9 Å². The second-order valence-electron chi connectivity index (χ2n) is 6.01. The highest BCUT2D eigenvalue weighted by molar-refractivity contribution is 5.79. The second kappa shape index (κ2) is 11.6. The van der Waals surface area contributed by atoms with Crippen LogP contribution in [0.4, 0.5) is 0 Å². The lowest BCUT2D eigenvalue weighted by atomic mass is 10.2. The molecule has 0 aliphatic carbocycles. The molecular weight excluding hydrogens is 308 g/mol. The number of benzene rings is 1. The Labute approximate surface area is 144 Å². The number of amides is 1. The van der Waals surface area contributed by atoms with E-state index in [-0.39, 0.29) is 18.7 Å². The molecular formula is C18H28N2O4. The summed E-state index contributed by atoms with van der Waals surface area (Å²) >= 11 is 0. The van der Waals surface area contributed by atoms with Gasteiger partial charge in [0.2, 0.25) is 5.91 Å². The first-order chi connectivity index (χ1) is 11.5. The molecule has 0 saturated heterocycles. The van der Waals surface area contributed by atoms with E-state index in [1.165, 1.54) is 5.06 Å². The molecule has 0 aliphatic rings. The van der Waals surface area contributed by atoms with E-state index in [9.17, 15) is 9.59 Å². The van der Waals surface area contributed by atoms with Gasteiger partial charge in [0.1, 0.15) is 6.61 Å². The topological polar surface area (TPSA) is 70.1 Å². The molecule has 1 N–H and O–H groups in total. The van der Waals surface area contributed by atoms with Crippen LogP contribution in [0, 0.1) is 0 Å². The number of aliphatic carboxylic acids is 1. The highest BCUT2D eigenvalue weighted by atomic mass is 16.7. The predicted molar refractivity (Wildman–Crippen MR) is 92.2 cm³/mol. The van der Waals surface area contributed by atoms with E-state index in [1.807, 2.05) is 44.4 Å². The fourth-order valence-electron chi connectivity index (χ4n) is 2.19. The molecule has 1 rings (SSSR count). The minimum Gasteiger partial charge on any atom is -0.481 e. The zero-order valence-electron chi connectivity index (χ0n) is 14.6. The van der Waals surface area contributed by atoms with Crippen molar-refractivity contribution in [3.63, 3.8) is 0 Å². The maximum Gasteiger partial charge on any atom is 0.303 e. The van der Waals surface area contributed by atoms with Gasteiger partial charge in [-0.1, -0.05) is 36.8 Å². The van der Waals surface area contributed by atoms with Crippen molar-refractivity contribution < 1.29 is 19.5 Å². The molecule has 0 unspecified atom stereocenters. The predicted octanol–water partition coefficient (Wildman–Crippen LogP) is 2.54. The second-order valence-corrected chi connectivity index (χ2v) is 6.01. The first-order valence-corrected chi connectivity index (χ1v) is 8.32. The number of carbonyl (C=O) groups excluding carboxylic acids is 1. The molecule has 6 nitrogen and oxygen atoms in total. The molecule has 0 fully saturated rings. The van der Waals surface area contributed by atoms with Gasteiger partial charge in [-0.05, 0) is 39.0 Å². The molecule has 0 radical (unpaired) electrons. The van der Waals surface area contributed by atoms with E-state index in [4.69, 9.17) is 9.94 Å². The van der Waals surface area contributed by atoms with Gasteiger partial charge in [-0.3, -0.25) is 14.4 Å². The molecule has 0 aromatic heterocycles. The summed E-state index contributed by atoms with van der Waals surface area (Å²) in [5.74, 6) is -1.25. The number of carbonyl (C=O) groups is 2. The van der Waals surface area contributed by atoms with Crippen LogP contribution in [0.5, 0.6) is 0 Å².